The van der Waals surface area contributed by atoms with Crippen molar-refractivity contribution in [2.75, 3.05) is 29.4 Å². The van der Waals surface area contributed by atoms with Gasteiger partial charge in [0.2, 0.25) is 0 Å². The van der Waals surface area contributed by atoms with Crippen LogP contribution < -0.4 is 29.4 Å². The summed E-state index contributed by atoms with van der Waals surface area (Å²) in [4.78, 5) is 13.4. The first kappa shape index (κ1) is 53.8. The fourth-order valence-electron chi connectivity index (χ4n) is 11.1. The molecule has 13 aromatic carbocycles. The van der Waals surface area contributed by atoms with E-state index in [0.29, 0.717) is 0 Å². The molecule has 0 heterocycles. The topological polar surface area (TPSA) is 19.4 Å². The van der Waals surface area contributed by atoms with Crippen molar-refractivity contribution in [1.82, 2.24) is 0 Å². The highest BCUT2D eigenvalue weighted by Gasteiger charge is 2.22. The number of benzene rings is 13. The molecule has 0 atom stereocenters. The Morgan fingerprint density at radius 1 is 0.116 bits per heavy atom. The lowest BCUT2D eigenvalue weighted by Gasteiger charge is -2.30. The van der Waals surface area contributed by atoms with Crippen molar-refractivity contribution in [2.45, 2.75) is 0 Å². The normalized spacial score (nSPS) is 10.9. The third kappa shape index (κ3) is 11.6. The molecule has 0 amide bonds. The van der Waals surface area contributed by atoms with Crippen LogP contribution in [-0.4, -0.2) is 0 Å². The molecule has 0 radical (unpaired) electrons. The molecule has 0 saturated carbocycles. The summed E-state index contributed by atoms with van der Waals surface area (Å²) in [7, 11) is 0. The summed E-state index contributed by atoms with van der Waals surface area (Å²) < 4.78 is 28.3. The van der Waals surface area contributed by atoms with Crippen molar-refractivity contribution in [3.63, 3.8) is 0 Å². The molecule has 0 N–H and O–H groups in total. The lowest BCUT2D eigenvalue weighted by Crippen LogP contribution is -2.14. The van der Waals surface area contributed by atoms with Gasteiger partial charge in [-0.1, -0.05) is 109 Å². The van der Waals surface area contributed by atoms with E-state index in [9.17, 15) is 8.78 Å². The molecule has 0 aliphatic heterocycles. The molecule has 86 heavy (non-hydrogen) atoms. The van der Waals surface area contributed by atoms with Crippen molar-refractivity contribution < 1.29 is 8.78 Å². The van der Waals surface area contributed by atoms with Gasteiger partial charge in [-0.2, -0.15) is 0 Å². The van der Waals surface area contributed by atoms with Crippen LogP contribution in [0.15, 0.2) is 352 Å². The van der Waals surface area contributed by atoms with E-state index >= 15 is 0 Å². The van der Waals surface area contributed by atoms with Gasteiger partial charge in [0, 0.05) is 102 Å². The van der Waals surface area contributed by atoms with Gasteiger partial charge in [0.05, 0.1) is 0 Å². The Balaban J connectivity index is 0.804. The van der Waals surface area contributed by atoms with Crippen molar-refractivity contribution in [2.24, 2.45) is 0 Å². The van der Waals surface area contributed by atoms with Crippen LogP contribution in [0.1, 0.15) is 0 Å². The zero-order valence-corrected chi connectivity index (χ0v) is 46.9. The first-order valence-electron chi connectivity index (χ1n) is 28.6. The van der Waals surface area contributed by atoms with Crippen LogP contribution in [0.2, 0.25) is 0 Å². The summed E-state index contributed by atoms with van der Waals surface area (Å²) in [6.07, 6.45) is 0. The van der Waals surface area contributed by atoms with Crippen LogP contribution in [-0.2, 0) is 0 Å². The van der Waals surface area contributed by atoms with Gasteiger partial charge < -0.3 is 29.4 Å². The predicted octanol–water partition coefficient (Wildman–Crippen LogP) is 22.8. The quantitative estimate of drug-likeness (QED) is 0.0847. The first-order chi connectivity index (χ1) is 42.5. The van der Waals surface area contributed by atoms with Crippen molar-refractivity contribution in [1.29, 1.82) is 0 Å². The van der Waals surface area contributed by atoms with Gasteiger partial charge >= 0.3 is 0 Å². The van der Waals surface area contributed by atoms with Crippen molar-refractivity contribution in [3.05, 3.63) is 363 Å². The number of rotatable bonds is 18. The molecule has 13 rings (SSSR count). The zero-order chi connectivity index (χ0) is 58.0. The van der Waals surface area contributed by atoms with E-state index in [0.717, 1.165) is 102 Å². The van der Waals surface area contributed by atoms with Crippen LogP contribution >= 0.6 is 0 Å². The Kier molecular flexibility index (Phi) is 15.6. The second-order valence-corrected chi connectivity index (χ2v) is 20.6. The molecule has 0 aromatic heterocycles. The number of hydrogen-bond acceptors (Lipinski definition) is 6. The minimum Gasteiger partial charge on any atom is -0.311 e. The molecular weight excluding hydrogens is 1060 g/mol. The highest BCUT2D eigenvalue weighted by Crippen LogP contribution is 2.45. The predicted molar refractivity (Wildman–Crippen MR) is 354 cm³/mol. The molecule has 0 aliphatic rings. The van der Waals surface area contributed by atoms with Gasteiger partial charge in [0.1, 0.15) is 11.6 Å². The Hall–Kier alpha value is -11.5. The summed E-state index contributed by atoms with van der Waals surface area (Å²) in [6, 6.07) is 119. The van der Waals surface area contributed by atoms with E-state index in [2.05, 4.69) is 272 Å². The summed E-state index contributed by atoms with van der Waals surface area (Å²) in [5.41, 5.74) is 17.7. The number of hydrogen-bond donors (Lipinski definition) is 0. The molecule has 414 valence electrons. The minimum atomic E-state index is -0.276. The Morgan fingerprint density at radius 3 is 0.326 bits per heavy atom. The maximum Gasteiger partial charge on any atom is 0.123 e. The van der Waals surface area contributed by atoms with Crippen LogP contribution in [0.5, 0.6) is 0 Å². The third-order valence-corrected chi connectivity index (χ3v) is 15.1. The maximum absolute atomic E-state index is 14.2. The second kappa shape index (κ2) is 24.9. The van der Waals surface area contributed by atoms with Gasteiger partial charge in [-0.05, 0) is 243 Å². The molecule has 0 spiro atoms. The fourth-order valence-corrected chi connectivity index (χ4v) is 11.1. The molecule has 0 aliphatic carbocycles. The van der Waals surface area contributed by atoms with E-state index in [1.54, 1.807) is 0 Å². The molecule has 0 unspecified atom stereocenters. The smallest absolute Gasteiger partial charge is 0.123 e. The van der Waals surface area contributed by atoms with E-state index in [-0.39, 0.29) is 11.6 Å². The molecule has 6 nitrogen and oxygen atoms in total. The highest BCUT2D eigenvalue weighted by molar-refractivity contribution is 5.87. The highest BCUT2D eigenvalue weighted by atomic mass is 19.1. The van der Waals surface area contributed by atoms with Crippen molar-refractivity contribution >= 4 is 102 Å². The van der Waals surface area contributed by atoms with Crippen LogP contribution in [0.4, 0.5) is 111 Å². The standard InChI is InChI=1S/C78H58F2N6/c79-59-31-35-67(36-32-59)81(61-19-7-1-8-20-61)69-39-43-71(44-40-69)83(63-23-11-3-12-24-63)73-47-51-75(52-48-73)85(65-27-15-5-16-28-65)77-55-57-78(58-56-77)86(66-29-17-6-18-30-66)76-53-49-74(50-54-76)84(64-25-13-4-14-26-64)72-45-41-70(42-46-72)82(62-21-9-2-10-22-62)68-37-33-60(80)34-38-68/h1-58H. The Morgan fingerprint density at radius 2 is 0.209 bits per heavy atom. The number of halogens is 2. The van der Waals surface area contributed by atoms with Gasteiger partial charge in [0.25, 0.3) is 0 Å². The third-order valence-electron chi connectivity index (χ3n) is 15.1. The van der Waals surface area contributed by atoms with Crippen LogP contribution in [0, 0.1) is 11.6 Å². The van der Waals surface area contributed by atoms with E-state index < -0.39 is 0 Å². The fraction of sp³-hybridized carbons (Fsp3) is 0. The lowest BCUT2D eigenvalue weighted by atomic mass is 10.1. The molecule has 0 fully saturated rings. The summed E-state index contributed by atoms with van der Waals surface area (Å²) in [5, 5.41) is 0. The van der Waals surface area contributed by atoms with E-state index in [1.807, 2.05) is 84.9 Å². The molecular formula is C78H58F2N6. The Bertz CT molecular complexity index is 3960. The molecule has 8 heteroatoms. The van der Waals surface area contributed by atoms with Crippen LogP contribution in [0.25, 0.3) is 0 Å². The average molecular weight is 1120 g/mol. The minimum absolute atomic E-state index is 0.276. The van der Waals surface area contributed by atoms with Gasteiger partial charge in [-0.15, -0.1) is 0 Å². The summed E-state index contributed by atoms with van der Waals surface area (Å²) in [5.74, 6) is -0.551. The van der Waals surface area contributed by atoms with Gasteiger partial charge in [-0.25, -0.2) is 8.78 Å². The number of para-hydroxylation sites is 6. The maximum atomic E-state index is 14.2. The molecule has 0 bridgehead atoms. The van der Waals surface area contributed by atoms with Crippen LogP contribution in [0.3, 0.4) is 0 Å². The van der Waals surface area contributed by atoms with Crippen molar-refractivity contribution in [3.8, 4) is 0 Å². The average Bonchev–Trinajstić information content (AvgIpc) is 3.75. The number of anilines is 18. The second-order valence-electron chi connectivity index (χ2n) is 20.6. The number of nitrogens with zero attached hydrogens (tertiary/aromatic N) is 6. The zero-order valence-electron chi connectivity index (χ0n) is 46.9. The molecule has 0 saturated heterocycles. The molecule has 13 aromatic rings. The van der Waals surface area contributed by atoms with E-state index in [1.165, 1.54) is 24.3 Å². The largest absolute Gasteiger partial charge is 0.311 e. The SMILES string of the molecule is Fc1ccc(N(c2ccccc2)c2ccc(N(c3ccccc3)c3ccc(N(c4ccccc4)c4ccc(N(c5ccccc5)c5ccc(N(c6ccccc6)c6ccc(N(c7ccccc7)c7ccc(F)cc7)cc6)cc5)cc4)cc3)cc2)cc1. The van der Waals surface area contributed by atoms with Gasteiger partial charge in [0.15, 0.2) is 0 Å². The summed E-state index contributed by atoms with van der Waals surface area (Å²) in [6.45, 7) is 0. The Labute approximate surface area is 501 Å². The monoisotopic (exact) mass is 1120 g/mol. The first-order valence-corrected chi connectivity index (χ1v) is 28.6. The van der Waals surface area contributed by atoms with E-state index in [4.69, 9.17) is 0 Å². The van der Waals surface area contributed by atoms with Gasteiger partial charge in [-0.3, -0.25) is 0 Å². The summed E-state index contributed by atoms with van der Waals surface area (Å²) >= 11 is 0. The lowest BCUT2D eigenvalue weighted by molar-refractivity contribution is 0.627.